The average molecular weight is 652 g/mol. The molecule has 0 spiro atoms. The molecule has 0 unspecified atom stereocenters. The Morgan fingerprint density at radius 2 is 1.98 bits per heavy atom. The van der Waals surface area contributed by atoms with Crippen LogP contribution in [0.25, 0.3) is 0 Å². The minimum absolute atomic E-state index is 0.0754. The highest BCUT2D eigenvalue weighted by atomic mass is 35.5. The van der Waals surface area contributed by atoms with Crippen LogP contribution in [0, 0.1) is 11.2 Å². The number of halogens is 3. The molecule has 1 fully saturated rings. The molecule has 0 amide bonds. The lowest BCUT2D eigenvalue weighted by atomic mass is 10.00. The van der Waals surface area contributed by atoms with Gasteiger partial charge in [-0.1, -0.05) is 44.1 Å². The maximum absolute atomic E-state index is 15.3. The van der Waals surface area contributed by atoms with Crippen LogP contribution in [0.15, 0.2) is 15.8 Å². The van der Waals surface area contributed by atoms with Crippen LogP contribution >= 0.6 is 30.0 Å². The number of esters is 1. The summed E-state index contributed by atoms with van der Waals surface area (Å²) in [5, 5.41) is 10.0. The molecule has 1 aromatic heterocycles. The minimum Gasteiger partial charge on any atom is -0.462 e. The maximum Gasteiger partial charge on any atom is 0.330 e. The van der Waals surface area contributed by atoms with E-state index in [1.54, 1.807) is 39.6 Å². The van der Waals surface area contributed by atoms with E-state index >= 15 is 4.39 Å². The van der Waals surface area contributed by atoms with Crippen LogP contribution in [-0.2, 0) is 39.9 Å². The van der Waals surface area contributed by atoms with Crippen LogP contribution in [0.4, 0.5) is 8.78 Å². The van der Waals surface area contributed by atoms with Gasteiger partial charge in [0.05, 0.1) is 25.5 Å². The largest absolute Gasteiger partial charge is 0.462 e. The van der Waals surface area contributed by atoms with Gasteiger partial charge in [0.2, 0.25) is 5.82 Å². The number of thioether (sulfide) groups is 1. The summed E-state index contributed by atoms with van der Waals surface area (Å²) >= 11 is 12.4. The van der Waals surface area contributed by atoms with Crippen molar-refractivity contribution in [1.82, 2.24) is 14.6 Å². The molecule has 1 aromatic rings. The number of nitrogens with zero attached hydrogens (tertiary/aromatic N) is 1. The first-order chi connectivity index (χ1) is 18.3. The molecule has 2 heterocycles. The van der Waals surface area contributed by atoms with Crippen LogP contribution < -0.4 is 16.3 Å². The van der Waals surface area contributed by atoms with Crippen LogP contribution in [-0.4, -0.2) is 74.2 Å². The first kappa shape index (κ1) is 35.0. The Bertz CT molecular complexity index is 1240. The van der Waals surface area contributed by atoms with Crippen molar-refractivity contribution in [1.29, 1.82) is 0 Å². The second-order valence-electron chi connectivity index (χ2n) is 10.1. The summed E-state index contributed by atoms with van der Waals surface area (Å²) in [7, 11) is 0. The third-order valence-corrected chi connectivity index (χ3v) is 9.53. The molecule has 0 aromatic carbocycles. The van der Waals surface area contributed by atoms with Gasteiger partial charge in [0.15, 0.2) is 11.3 Å². The lowest BCUT2D eigenvalue weighted by molar-refractivity contribution is -0.149. The summed E-state index contributed by atoms with van der Waals surface area (Å²) in [6.07, 6.45) is -5.72. The SMILES string of the molecule is CC(C)OC(=O)[C@@H](C)N[P@](=S)(OCCSC(=O)C(C)(C)C)OC[C@H]1O[C@@H](n2cc(F)c(=O)[nH]c2=O)[C@@](F)(Cl)[C@@H]1O. The molecule has 3 N–H and O–H groups in total. The van der Waals surface area contributed by atoms with Crippen LogP contribution in [0.1, 0.15) is 47.8 Å². The normalized spacial score (nSPS) is 25.5. The smallest absolute Gasteiger partial charge is 0.330 e. The van der Waals surface area contributed by atoms with E-state index in [-0.39, 0.29) is 17.5 Å². The van der Waals surface area contributed by atoms with Gasteiger partial charge in [0, 0.05) is 11.2 Å². The fourth-order valence-electron chi connectivity index (χ4n) is 3.16. The number of carbonyl (C=O) groups excluding carboxylic acids is 2. The predicted molar refractivity (Wildman–Crippen MR) is 148 cm³/mol. The van der Waals surface area contributed by atoms with Crippen LogP contribution in [0.2, 0.25) is 0 Å². The number of hydrogen-bond acceptors (Lipinski definition) is 11. The zero-order valence-electron chi connectivity index (χ0n) is 22.6. The predicted octanol–water partition coefficient (Wildman–Crippen LogP) is 2.33. The summed E-state index contributed by atoms with van der Waals surface area (Å²) in [5.41, 5.74) is -3.16. The number of aromatic nitrogens is 2. The molecule has 1 saturated heterocycles. The van der Waals surface area contributed by atoms with Crippen molar-refractivity contribution in [3.05, 3.63) is 32.9 Å². The van der Waals surface area contributed by atoms with Gasteiger partial charge in [0.25, 0.3) is 17.3 Å². The van der Waals surface area contributed by atoms with Crippen molar-refractivity contribution < 1.29 is 42.0 Å². The number of hydrogen-bond donors (Lipinski definition) is 3. The molecule has 0 radical (unpaired) electrons. The van der Waals surface area contributed by atoms with Crippen LogP contribution in [0.3, 0.4) is 0 Å². The topological polar surface area (TPSA) is 158 Å². The second kappa shape index (κ2) is 13.8. The van der Waals surface area contributed by atoms with Gasteiger partial charge in [-0.05, 0) is 32.6 Å². The van der Waals surface area contributed by atoms with Crippen molar-refractivity contribution in [3.63, 3.8) is 0 Å². The molecule has 2 rings (SSSR count). The van der Waals surface area contributed by atoms with Crippen molar-refractivity contribution >= 4 is 52.9 Å². The molecule has 1 aliphatic rings. The van der Waals surface area contributed by atoms with Gasteiger partial charge in [-0.25, -0.2) is 14.3 Å². The standard InChI is InChI=1S/C22H33ClF2N3O9PS2/c1-11(2)36-17(31)12(3)27-38(39,34-7-8-40-19(32)21(4,5)6)35-10-14-15(29)22(23,25)18(37-14)28-9-13(24)16(30)26-20(28)33/h9,11-12,14-15,18,29H,7-8,10H2,1-6H3,(H,27,39)(H,26,30,33)/t12-,14-,15-,18-,22-,38+/m1/s1. The molecule has 18 heteroatoms. The Balaban J connectivity index is 2.19. The van der Waals surface area contributed by atoms with Gasteiger partial charge in [-0.15, -0.1) is 0 Å². The van der Waals surface area contributed by atoms with Crippen molar-refractivity contribution in [2.75, 3.05) is 19.0 Å². The van der Waals surface area contributed by atoms with E-state index in [0.717, 1.165) is 11.8 Å². The number of ether oxygens (including phenoxy) is 2. The number of carbonyl (C=O) groups is 2. The molecule has 40 heavy (non-hydrogen) atoms. The molecule has 12 nitrogen and oxygen atoms in total. The highest BCUT2D eigenvalue weighted by Gasteiger charge is 2.58. The van der Waals surface area contributed by atoms with E-state index in [0.29, 0.717) is 10.8 Å². The number of alkyl halides is 2. The fraction of sp³-hybridized carbons (Fsp3) is 0.727. The fourth-order valence-corrected chi connectivity index (χ4v) is 6.72. The second-order valence-corrected chi connectivity index (χ2v) is 15.0. The third-order valence-electron chi connectivity index (χ3n) is 5.21. The highest BCUT2D eigenvalue weighted by Crippen LogP contribution is 2.48. The number of aromatic amines is 1. The quantitative estimate of drug-likeness (QED) is 0.131. The van der Waals surface area contributed by atoms with Crippen molar-refractivity contribution in [3.8, 4) is 0 Å². The third kappa shape index (κ3) is 9.13. The molecular formula is C22H33ClF2N3O9PS2. The number of nitrogens with one attached hydrogen (secondary N) is 2. The monoisotopic (exact) mass is 651 g/mol. The van der Waals surface area contributed by atoms with E-state index in [1.807, 2.05) is 0 Å². The lowest BCUT2D eigenvalue weighted by Crippen LogP contribution is -2.42. The van der Waals surface area contributed by atoms with Crippen molar-refractivity contribution in [2.24, 2.45) is 5.41 Å². The van der Waals surface area contributed by atoms with Gasteiger partial charge in [0.1, 0.15) is 18.2 Å². The summed E-state index contributed by atoms with van der Waals surface area (Å²) in [5.74, 6) is -1.87. The minimum atomic E-state index is -3.58. The molecule has 1 aliphatic heterocycles. The van der Waals surface area contributed by atoms with E-state index in [4.69, 9.17) is 41.9 Å². The zero-order valence-corrected chi connectivity index (χ0v) is 25.9. The van der Waals surface area contributed by atoms with Gasteiger partial charge < -0.3 is 23.6 Å². The average Bonchev–Trinajstić information content (AvgIpc) is 3.05. The van der Waals surface area contributed by atoms with E-state index in [2.05, 4.69) is 5.09 Å². The Hall–Kier alpha value is -1.23. The number of aliphatic hydroxyl groups excluding tert-OH is 1. The molecular weight excluding hydrogens is 619 g/mol. The lowest BCUT2D eigenvalue weighted by Gasteiger charge is -2.28. The molecule has 228 valence electrons. The first-order valence-corrected chi connectivity index (χ1v) is 16.1. The summed E-state index contributed by atoms with van der Waals surface area (Å²) in [4.78, 5) is 49.6. The Labute approximate surface area is 243 Å². The Kier molecular flexibility index (Phi) is 12.1. The number of H-pyrrole nitrogens is 1. The molecule has 0 aliphatic carbocycles. The summed E-state index contributed by atoms with van der Waals surface area (Å²) < 4.78 is 51.4. The van der Waals surface area contributed by atoms with Gasteiger partial charge in [-0.3, -0.25) is 23.9 Å². The van der Waals surface area contributed by atoms with Gasteiger partial charge in [-0.2, -0.15) is 4.39 Å². The molecule has 0 saturated carbocycles. The van der Waals surface area contributed by atoms with Crippen LogP contribution in [0.5, 0.6) is 0 Å². The summed E-state index contributed by atoms with van der Waals surface area (Å²) in [6, 6.07) is -1.00. The van der Waals surface area contributed by atoms with E-state index in [9.17, 15) is 28.7 Å². The Morgan fingerprint density at radius 1 is 1.35 bits per heavy atom. The first-order valence-electron chi connectivity index (χ1n) is 12.1. The van der Waals surface area contributed by atoms with E-state index < -0.39 is 77.4 Å². The summed E-state index contributed by atoms with van der Waals surface area (Å²) in [6.45, 7) is 5.75. The van der Waals surface area contributed by atoms with Crippen molar-refractivity contribution in [2.45, 2.75) is 77.3 Å². The molecule has 0 bridgehead atoms. The maximum atomic E-state index is 15.3. The number of rotatable bonds is 12. The Morgan fingerprint density at radius 3 is 2.55 bits per heavy atom. The zero-order chi connectivity index (χ0) is 30.6. The molecule has 6 atom stereocenters. The highest BCUT2D eigenvalue weighted by molar-refractivity contribution is 8.13. The number of aliphatic hydroxyl groups is 1. The van der Waals surface area contributed by atoms with E-state index in [1.165, 1.54) is 6.92 Å². The van der Waals surface area contributed by atoms with Gasteiger partial charge >= 0.3 is 11.7 Å².